The zero-order chi connectivity index (χ0) is 12.5. The molecule has 1 N–H and O–H groups in total. The first kappa shape index (κ1) is 11.3. The molecule has 1 fully saturated rings. The van der Waals surface area contributed by atoms with Gasteiger partial charge in [0.15, 0.2) is 11.5 Å². The lowest BCUT2D eigenvalue weighted by atomic mass is 10.4. The number of nitrogens with zero attached hydrogens (tertiary/aromatic N) is 4. The largest absolute Gasteiger partial charge is 0.369 e. The minimum absolute atomic E-state index is 0.653. The van der Waals surface area contributed by atoms with E-state index in [0.717, 1.165) is 30.4 Å². The Morgan fingerprint density at radius 2 is 2.28 bits per heavy atom. The standard InChI is InChI=1S/C13H19N5/c1-3-14-11-9-17-8-7-15-12(17)13(16-11)18(4-2)10-5-6-10/h7-10,14H,3-6H2,1-2H3. The van der Waals surface area contributed by atoms with Crippen molar-refractivity contribution in [2.75, 3.05) is 23.3 Å². The van der Waals surface area contributed by atoms with Gasteiger partial charge in [-0.3, -0.25) is 0 Å². The lowest BCUT2D eigenvalue weighted by Gasteiger charge is -2.22. The fourth-order valence-electron chi connectivity index (χ4n) is 2.34. The van der Waals surface area contributed by atoms with Gasteiger partial charge in [0, 0.05) is 31.5 Å². The maximum absolute atomic E-state index is 4.73. The minimum atomic E-state index is 0.653. The lowest BCUT2D eigenvalue weighted by Crippen LogP contribution is -2.27. The summed E-state index contributed by atoms with van der Waals surface area (Å²) < 4.78 is 2.05. The summed E-state index contributed by atoms with van der Waals surface area (Å²) in [5.41, 5.74) is 0.949. The van der Waals surface area contributed by atoms with Crippen LogP contribution in [0.1, 0.15) is 26.7 Å². The van der Waals surface area contributed by atoms with Gasteiger partial charge in [-0.15, -0.1) is 0 Å². The summed E-state index contributed by atoms with van der Waals surface area (Å²) in [7, 11) is 0. The molecule has 96 valence electrons. The predicted octanol–water partition coefficient (Wildman–Crippen LogP) is 2.15. The molecule has 2 aromatic heterocycles. The highest BCUT2D eigenvalue weighted by atomic mass is 15.3. The molecule has 1 aliphatic carbocycles. The van der Waals surface area contributed by atoms with Gasteiger partial charge in [-0.05, 0) is 26.7 Å². The van der Waals surface area contributed by atoms with Gasteiger partial charge >= 0.3 is 0 Å². The Hall–Kier alpha value is -1.78. The molecule has 18 heavy (non-hydrogen) atoms. The van der Waals surface area contributed by atoms with Crippen LogP contribution in [0.2, 0.25) is 0 Å². The topological polar surface area (TPSA) is 45.5 Å². The third-order valence-electron chi connectivity index (χ3n) is 3.31. The number of hydrogen-bond donors (Lipinski definition) is 1. The molecule has 0 aromatic carbocycles. The van der Waals surface area contributed by atoms with Crippen LogP contribution in [0.3, 0.4) is 0 Å². The average molecular weight is 245 g/mol. The van der Waals surface area contributed by atoms with Crippen LogP contribution in [-0.4, -0.2) is 33.5 Å². The van der Waals surface area contributed by atoms with Gasteiger partial charge in [0.1, 0.15) is 5.82 Å². The van der Waals surface area contributed by atoms with Crippen molar-refractivity contribution in [3.63, 3.8) is 0 Å². The number of aromatic nitrogens is 3. The molecule has 0 saturated heterocycles. The van der Waals surface area contributed by atoms with E-state index in [2.05, 4.69) is 29.0 Å². The van der Waals surface area contributed by atoms with Gasteiger partial charge in [-0.25, -0.2) is 9.97 Å². The number of anilines is 2. The zero-order valence-corrected chi connectivity index (χ0v) is 10.9. The molecule has 0 bridgehead atoms. The van der Waals surface area contributed by atoms with E-state index in [1.54, 1.807) is 0 Å². The van der Waals surface area contributed by atoms with Crippen molar-refractivity contribution in [3.05, 3.63) is 18.6 Å². The summed E-state index contributed by atoms with van der Waals surface area (Å²) >= 11 is 0. The monoisotopic (exact) mass is 245 g/mol. The van der Waals surface area contributed by atoms with Crippen LogP contribution >= 0.6 is 0 Å². The summed E-state index contributed by atoms with van der Waals surface area (Å²) in [6.07, 6.45) is 8.34. The quantitative estimate of drug-likeness (QED) is 0.876. The third kappa shape index (κ3) is 1.89. The van der Waals surface area contributed by atoms with Gasteiger partial charge in [0.2, 0.25) is 0 Å². The van der Waals surface area contributed by atoms with E-state index in [4.69, 9.17) is 4.98 Å². The van der Waals surface area contributed by atoms with E-state index < -0.39 is 0 Å². The van der Waals surface area contributed by atoms with Crippen LogP contribution < -0.4 is 10.2 Å². The van der Waals surface area contributed by atoms with Gasteiger partial charge < -0.3 is 14.6 Å². The molecule has 0 aliphatic heterocycles. The highest BCUT2D eigenvalue weighted by Gasteiger charge is 2.30. The maximum atomic E-state index is 4.73. The van der Waals surface area contributed by atoms with E-state index in [-0.39, 0.29) is 0 Å². The van der Waals surface area contributed by atoms with Crippen molar-refractivity contribution in [2.45, 2.75) is 32.7 Å². The van der Waals surface area contributed by atoms with Crippen molar-refractivity contribution >= 4 is 17.3 Å². The Morgan fingerprint density at radius 1 is 1.44 bits per heavy atom. The Labute approximate surface area is 107 Å². The minimum Gasteiger partial charge on any atom is -0.369 e. The average Bonchev–Trinajstić information content (AvgIpc) is 3.08. The Balaban J connectivity index is 2.08. The molecular weight excluding hydrogens is 226 g/mol. The van der Waals surface area contributed by atoms with Gasteiger partial charge in [-0.1, -0.05) is 0 Å². The molecule has 0 radical (unpaired) electrons. The molecule has 2 heterocycles. The SMILES string of the molecule is CCNc1cn2ccnc2c(N(CC)C2CC2)n1. The van der Waals surface area contributed by atoms with E-state index >= 15 is 0 Å². The van der Waals surface area contributed by atoms with Crippen molar-refractivity contribution in [1.29, 1.82) is 0 Å². The molecule has 0 amide bonds. The van der Waals surface area contributed by atoms with Crippen LogP contribution in [0.4, 0.5) is 11.6 Å². The predicted molar refractivity (Wildman–Crippen MR) is 73.2 cm³/mol. The normalized spacial score (nSPS) is 15.0. The molecule has 0 unspecified atom stereocenters. The Morgan fingerprint density at radius 3 is 2.94 bits per heavy atom. The lowest BCUT2D eigenvalue weighted by molar-refractivity contribution is 0.806. The Bertz CT molecular complexity index is 543. The Kier molecular flexibility index (Phi) is 2.81. The van der Waals surface area contributed by atoms with Crippen LogP contribution in [0.5, 0.6) is 0 Å². The fraction of sp³-hybridized carbons (Fsp3) is 0.538. The van der Waals surface area contributed by atoms with Crippen LogP contribution in [0, 0.1) is 0 Å². The van der Waals surface area contributed by atoms with Gasteiger partial charge in [0.25, 0.3) is 0 Å². The van der Waals surface area contributed by atoms with Crippen LogP contribution in [0.25, 0.3) is 5.65 Å². The molecule has 1 aliphatic rings. The van der Waals surface area contributed by atoms with Crippen molar-refractivity contribution in [1.82, 2.24) is 14.4 Å². The number of nitrogens with one attached hydrogen (secondary N) is 1. The molecular formula is C13H19N5. The summed E-state index contributed by atoms with van der Waals surface area (Å²) in [6.45, 7) is 6.12. The van der Waals surface area contributed by atoms with E-state index in [1.165, 1.54) is 12.8 Å². The van der Waals surface area contributed by atoms with E-state index in [0.29, 0.717) is 6.04 Å². The first-order chi connectivity index (χ1) is 8.83. The van der Waals surface area contributed by atoms with Gasteiger partial charge in [0.05, 0.1) is 6.20 Å². The summed E-state index contributed by atoms with van der Waals surface area (Å²) in [5.74, 6) is 1.92. The van der Waals surface area contributed by atoms with Crippen molar-refractivity contribution in [3.8, 4) is 0 Å². The molecule has 5 heteroatoms. The zero-order valence-electron chi connectivity index (χ0n) is 10.9. The maximum Gasteiger partial charge on any atom is 0.180 e. The third-order valence-corrected chi connectivity index (χ3v) is 3.31. The molecule has 0 atom stereocenters. The van der Waals surface area contributed by atoms with Crippen molar-refractivity contribution < 1.29 is 0 Å². The molecule has 1 saturated carbocycles. The second-order valence-electron chi connectivity index (χ2n) is 4.66. The first-order valence-corrected chi connectivity index (χ1v) is 6.67. The number of fused-ring (bicyclic) bond motifs is 1. The van der Waals surface area contributed by atoms with Crippen LogP contribution in [0.15, 0.2) is 18.6 Å². The highest BCUT2D eigenvalue weighted by molar-refractivity contribution is 5.67. The van der Waals surface area contributed by atoms with Gasteiger partial charge in [-0.2, -0.15) is 0 Å². The smallest absolute Gasteiger partial charge is 0.180 e. The molecule has 0 spiro atoms. The molecule has 5 nitrogen and oxygen atoms in total. The second-order valence-corrected chi connectivity index (χ2v) is 4.66. The fourth-order valence-corrected chi connectivity index (χ4v) is 2.34. The summed E-state index contributed by atoms with van der Waals surface area (Å²) in [6, 6.07) is 0.653. The second kappa shape index (κ2) is 4.48. The summed E-state index contributed by atoms with van der Waals surface area (Å²) in [4.78, 5) is 11.5. The van der Waals surface area contributed by atoms with Crippen LogP contribution in [-0.2, 0) is 0 Å². The number of imidazole rings is 1. The molecule has 3 rings (SSSR count). The van der Waals surface area contributed by atoms with Crippen molar-refractivity contribution in [2.24, 2.45) is 0 Å². The highest BCUT2D eigenvalue weighted by Crippen LogP contribution is 2.32. The first-order valence-electron chi connectivity index (χ1n) is 6.67. The van der Waals surface area contributed by atoms with E-state index in [1.807, 2.05) is 23.0 Å². The number of rotatable bonds is 5. The molecule has 2 aromatic rings. The number of hydrogen-bond acceptors (Lipinski definition) is 4. The summed E-state index contributed by atoms with van der Waals surface area (Å²) in [5, 5.41) is 3.28. The van der Waals surface area contributed by atoms with E-state index in [9.17, 15) is 0 Å².